The molecule has 1 fully saturated rings. The molecule has 42 heavy (non-hydrogen) atoms. The average Bonchev–Trinajstić information content (AvgIpc) is 2.87. The van der Waals surface area contributed by atoms with Gasteiger partial charge in [0.25, 0.3) is 5.75 Å². The number of carbonyl (C=O) groups is 5. The molecule has 5 atom stereocenters. The number of fused-ring (bicyclic) bond motifs is 1. The first-order valence-corrected chi connectivity index (χ1v) is 12.7. The molecule has 15 nitrogen and oxygen atoms in total. The number of esters is 5. The molecule has 1 aromatic carbocycles. The highest BCUT2D eigenvalue weighted by molar-refractivity contribution is 5.87. The molecule has 228 valence electrons. The molecule has 3 rings (SSSR count). The summed E-state index contributed by atoms with van der Waals surface area (Å²) in [7, 11) is 0. The third-order valence-corrected chi connectivity index (χ3v) is 5.53. The van der Waals surface area contributed by atoms with Gasteiger partial charge in [-0.15, -0.1) is 0 Å². The minimum Gasteiger partial charge on any atom is -0.494 e. The molecule has 0 bridgehead atoms. The largest absolute Gasteiger partial charge is 0.494 e. The van der Waals surface area contributed by atoms with Gasteiger partial charge in [-0.25, -0.2) is 4.79 Å². The van der Waals surface area contributed by atoms with E-state index in [1.54, 1.807) is 6.92 Å². The molecule has 2 heterocycles. The number of hydrogen-bond acceptors (Lipinski definition) is 15. The molecule has 2 aromatic rings. The van der Waals surface area contributed by atoms with E-state index in [0.29, 0.717) is 12.4 Å². The zero-order valence-electron chi connectivity index (χ0n) is 23.7. The van der Waals surface area contributed by atoms with Crippen LogP contribution in [0, 0.1) is 0 Å². The Morgan fingerprint density at radius 3 is 1.98 bits per heavy atom. The molecule has 0 radical (unpaired) electrons. The maximum Gasteiger partial charge on any atom is 0.383 e. The van der Waals surface area contributed by atoms with E-state index in [-0.39, 0.29) is 16.7 Å². The minimum absolute atomic E-state index is 0.0255. The van der Waals surface area contributed by atoms with Gasteiger partial charge in [0.2, 0.25) is 12.4 Å². The van der Waals surface area contributed by atoms with Crippen molar-refractivity contribution in [2.75, 3.05) is 13.2 Å². The van der Waals surface area contributed by atoms with Crippen molar-refractivity contribution in [3.05, 3.63) is 28.6 Å². The molecular formula is C27H30O15. The first-order chi connectivity index (χ1) is 19.8. The van der Waals surface area contributed by atoms with Gasteiger partial charge in [0.1, 0.15) is 24.0 Å². The second-order valence-electron chi connectivity index (χ2n) is 8.92. The van der Waals surface area contributed by atoms with Crippen LogP contribution in [0.25, 0.3) is 11.0 Å². The van der Waals surface area contributed by atoms with Crippen LogP contribution in [-0.2, 0) is 47.7 Å². The van der Waals surface area contributed by atoms with Crippen molar-refractivity contribution in [3.8, 4) is 17.2 Å². The second kappa shape index (κ2) is 13.8. The topological polar surface area (TPSA) is 189 Å². The number of rotatable bonds is 10. The summed E-state index contributed by atoms with van der Waals surface area (Å²) in [6, 6.07) is 4.39. The maximum atomic E-state index is 12.9. The molecule has 0 aliphatic carbocycles. The molecule has 1 aliphatic rings. The Kier molecular flexibility index (Phi) is 10.5. The Labute approximate surface area is 238 Å². The van der Waals surface area contributed by atoms with Crippen molar-refractivity contribution in [2.45, 2.75) is 72.2 Å². The van der Waals surface area contributed by atoms with Gasteiger partial charge in [-0.2, -0.15) is 0 Å². The van der Waals surface area contributed by atoms with Crippen LogP contribution in [0.1, 0.15) is 41.5 Å². The summed E-state index contributed by atoms with van der Waals surface area (Å²) in [5.74, 6) is -4.80. The van der Waals surface area contributed by atoms with Gasteiger partial charge in [-0.1, -0.05) is 0 Å². The zero-order valence-corrected chi connectivity index (χ0v) is 23.7. The molecule has 0 amide bonds. The number of benzene rings is 1. The van der Waals surface area contributed by atoms with Gasteiger partial charge in [-0.3, -0.25) is 24.0 Å². The van der Waals surface area contributed by atoms with Gasteiger partial charge in [0.05, 0.1) is 12.0 Å². The summed E-state index contributed by atoms with van der Waals surface area (Å²) in [5.41, 5.74) is -1.13. The van der Waals surface area contributed by atoms with Gasteiger partial charge < -0.3 is 42.3 Å². The minimum atomic E-state index is -1.71. The van der Waals surface area contributed by atoms with Crippen molar-refractivity contribution in [3.63, 3.8) is 0 Å². The number of carbonyl (C=O) groups excluding carboxylic acids is 5. The Hall–Kier alpha value is -4.66. The SMILES string of the molecule is CCOc1ccc2c(O[C@@H]3O[C@H](COC(C)=O)[C@H](OC(C)=O)[C@H](OC(C)=O)[C@H]3OC(C)=O)c(OC(C)=O)c(=O)oc2c1. The summed E-state index contributed by atoms with van der Waals surface area (Å²) in [5, 5.41) is 0.113. The summed E-state index contributed by atoms with van der Waals surface area (Å²) < 4.78 is 49.0. The monoisotopic (exact) mass is 594 g/mol. The van der Waals surface area contributed by atoms with Crippen LogP contribution in [0.4, 0.5) is 0 Å². The van der Waals surface area contributed by atoms with Crippen LogP contribution in [0.2, 0.25) is 0 Å². The summed E-state index contributed by atoms with van der Waals surface area (Å²) in [6.45, 7) is 6.92. The van der Waals surface area contributed by atoms with Crippen LogP contribution in [0.3, 0.4) is 0 Å². The van der Waals surface area contributed by atoms with E-state index in [9.17, 15) is 28.8 Å². The second-order valence-corrected chi connectivity index (χ2v) is 8.92. The standard InChI is InChI=1S/C27H30O15/c1-7-34-17-8-9-18-19(10-17)40-26(33)24(38-15(5)31)21(18)42-27-25(39-16(6)32)23(37-14(4)30)22(36-13(3)29)20(41-27)11-35-12(2)28/h8-10,20,22-23,25,27H,7,11H2,1-6H3/t20-,22+,23+,25-,27+/m1/s1. The molecule has 0 saturated carbocycles. The smallest absolute Gasteiger partial charge is 0.383 e. The Morgan fingerprint density at radius 2 is 1.40 bits per heavy atom. The molecule has 0 spiro atoms. The molecule has 15 heteroatoms. The Morgan fingerprint density at radius 1 is 0.786 bits per heavy atom. The van der Waals surface area contributed by atoms with E-state index in [0.717, 1.165) is 34.6 Å². The van der Waals surface area contributed by atoms with Crippen LogP contribution in [0.5, 0.6) is 17.2 Å². The highest BCUT2D eigenvalue weighted by atomic mass is 16.7. The lowest BCUT2D eigenvalue weighted by molar-refractivity contribution is -0.288. The van der Waals surface area contributed by atoms with Crippen LogP contribution in [0.15, 0.2) is 27.4 Å². The molecule has 1 aromatic heterocycles. The van der Waals surface area contributed by atoms with Crippen molar-refractivity contribution in [1.82, 2.24) is 0 Å². The third-order valence-electron chi connectivity index (χ3n) is 5.53. The molecule has 1 saturated heterocycles. The number of hydrogen-bond donors (Lipinski definition) is 0. The molecule has 1 aliphatic heterocycles. The van der Waals surface area contributed by atoms with Crippen molar-refractivity contribution in [2.24, 2.45) is 0 Å². The quantitative estimate of drug-likeness (QED) is 0.219. The number of ether oxygens (including phenoxy) is 8. The van der Waals surface area contributed by atoms with Crippen LogP contribution in [-0.4, -0.2) is 73.8 Å². The Balaban J connectivity index is 2.21. The fourth-order valence-electron chi connectivity index (χ4n) is 4.14. The van der Waals surface area contributed by atoms with Gasteiger partial charge >= 0.3 is 35.5 Å². The maximum absolute atomic E-state index is 12.9. The van der Waals surface area contributed by atoms with Crippen molar-refractivity contribution in [1.29, 1.82) is 0 Å². The van der Waals surface area contributed by atoms with E-state index >= 15 is 0 Å². The average molecular weight is 595 g/mol. The predicted molar refractivity (Wildman–Crippen MR) is 138 cm³/mol. The zero-order chi connectivity index (χ0) is 31.1. The fourth-order valence-corrected chi connectivity index (χ4v) is 4.14. The van der Waals surface area contributed by atoms with E-state index in [1.165, 1.54) is 18.2 Å². The van der Waals surface area contributed by atoms with Crippen LogP contribution < -0.4 is 19.8 Å². The highest BCUT2D eigenvalue weighted by Gasteiger charge is 2.53. The lowest BCUT2D eigenvalue weighted by atomic mass is 9.98. The van der Waals surface area contributed by atoms with E-state index in [2.05, 4.69) is 0 Å². The van der Waals surface area contributed by atoms with Gasteiger partial charge in [0, 0.05) is 40.7 Å². The summed E-state index contributed by atoms with van der Waals surface area (Å²) >= 11 is 0. The van der Waals surface area contributed by atoms with E-state index in [1.807, 2.05) is 0 Å². The first-order valence-electron chi connectivity index (χ1n) is 12.7. The predicted octanol–water partition coefficient (Wildman–Crippen LogP) is 1.58. The van der Waals surface area contributed by atoms with Crippen LogP contribution >= 0.6 is 0 Å². The lowest BCUT2D eigenvalue weighted by Gasteiger charge is -2.44. The van der Waals surface area contributed by atoms with E-state index in [4.69, 9.17) is 42.3 Å². The lowest BCUT2D eigenvalue weighted by Crippen LogP contribution is -2.63. The van der Waals surface area contributed by atoms with Gasteiger partial charge in [-0.05, 0) is 19.1 Å². The Bertz CT molecular complexity index is 1410. The molecule has 0 unspecified atom stereocenters. The fraction of sp³-hybridized carbons (Fsp3) is 0.481. The third kappa shape index (κ3) is 7.96. The van der Waals surface area contributed by atoms with Crippen molar-refractivity contribution < 1.29 is 66.3 Å². The first kappa shape index (κ1) is 31.9. The summed E-state index contributed by atoms with van der Waals surface area (Å²) in [6.07, 6.45) is -7.62. The molecular weight excluding hydrogens is 564 g/mol. The summed E-state index contributed by atoms with van der Waals surface area (Å²) in [4.78, 5) is 72.6. The molecule has 0 N–H and O–H groups in total. The van der Waals surface area contributed by atoms with Crippen molar-refractivity contribution >= 4 is 40.8 Å². The van der Waals surface area contributed by atoms with E-state index < -0.39 is 78.5 Å². The highest BCUT2D eigenvalue weighted by Crippen LogP contribution is 2.38. The normalized spacial score (nSPS) is 21.5. The van der Waals surface area contributed by atoms with Gasteiger partial charge in [0.15, 0.2) is 18.0 Å².